The number of non-ortho nitro benzene ring substituents is 1. The molecule has 1 aliphatic heterocycles. The zero-order valence-electron chi connectivity index (χ0n) is 12.4. The molecule has 0 amide bonds. The van der Waals surface area contributed by atoms with Crippen LogP contribution in [0.1, 0.15) is 25.5 Å². The van der Waals surface area contributed by atoms with E-state index in [9.17, 15) is 10.1 Å². The van der Waals surface area contributed by atoms with Gasteiger partial charge in [0.15, 0.2) is 0 Å². The summed E-state index contributed by atoms with van der Waals surface area (Å²) < 4.78 is 0. The highest BCUT2D eigenvalue weighted by molar-refractivity contribution is 5.93. The molecule has 0 N–H and O–H groups in total. The Morgan fingerprint density at radius 1 is 1.29 bits per heavy atom. The maximum absolute atomic E-state index is 11.0. The van der Waals surface area contributed by atoms with Crippen molar-refractivity contribution in [1.82, 2.24) is 4.98 Å². The molecule has 2 aromatic rings. The first-order chi connectivity index (χ1) is 10.0. The van der Waals surface area contributed by atoms with E-state index in [2.05, 4.69) is 16.8 Å². The number of hydrogen-bond acceptors (Lipinski definition) is 4. The van der Waals surface area contributed by atoms with E-state index in [4.69, 9.17) is 0 Å². The van der Waals surface area contributed by atoms with Gasteiger partial charge in [-0.25, -0.2) is 0 Å². The third kappa shape index (κ3) is 2.68. The average Bonchev–Trinajstić information content (AvgIpc) is 2.46. The minimum atomic E-state index is -0.346. The van der Waals surface area contributed by atoms with Gasteiger partial charge in [-0.05, 0) is 37.8 Å². The van der Waals surface area contributed by atoms with Crippen molar-refractivity contribution in [2.45, 2.75) is 26.7 Å². The normalized spacial score (nSPS) is 16.4. The number of fused-ring (bicyclic) bond motifs is 1. The lowest BCUT2D eigenvalue weighted by Crippen LogP contribution is -2.33. The number of nitro groups is 1. The van der Waals surface area contributed by atoms with E-state index in [1.807, 2.05) is 13.0 Å². The summed E-state index contributed by atoms with van der Waals surface area (Å²) in [5.41, 5.74) is 2.98. The molecule has 0 unspecified atom stereocenters. The van der Waals surface area contributed by atoms with Crippen LogP contribution in [0, 0.1) is 23.0 Å². The highest BCUT2D eigenvalue weighted by atomic mass is 16.6. The summed E-state index contributed by atoms with van der Waals surface area (Å²) in [5.74, 6) is 0.754. The number of aromatic nitrogens is 1. The van der Waals surface area contributed by atoms with E-state index in [-0.39, 0.29) is 10.6 Å². The standard InChI is InChI=1S/C16H19N3O2/c1-11-5-7-18(8-6-11)16-9-12(2)17-15-4-3-13(19(20)21)10-14(15)16/h3-4,9-11H,5-8H2,1-2H3. The van der Waals surface area contributed by atoms with Crippen LogP contribution in [0.2, 0.25) is 0 Å². The molecule has 5 heteroatoms. The Balaban J connectivity index is 2.11. The molecule has 2 heterocycles. The van der Waals surface area contributed by atoms with Crippen LogP contribution >= 0.6 is 0 Å². The van der Waals surface area contributed by atoms with Gasteiger partial charge in [0, 0.05) is 42.0 Å². The summed E-state index contributed by atoms with van der Waals surface area (Å²) in [6, 6.07) is 6.96. The van der Waals surface area contributed by atoms with E-state index in [1.54, 1.807) is 12.1 Å². The predicted molar refractivity (Wildman–Crippen MR) is 83.7 cm³/mol. The van der Waals surface area contributed by atoms with Gasteiger partial charge in [0.1, 0.15) is 0 Å². The van der Waals surface area contributed by atoms with Crippen molar-refractivity contribution in [2.24, 2.45) is 5.92 Å². The summed E-state index contributed by atoms with van der Waals surface area (Å²) in [7, 11) is 0. The monoisotopic (exact) mass is 285 g/mol. The molecule has 0 aliphatic carbocycles. The Morgan fingerprint density at radius 2 is 2.00 bits per heavy atom. The van der Waals surface area contributed by atoms with Gasteiger partial charge >= 0.3 is 0 Å². The van der Waals surface area contributed by atoms with Gasteiger partial charge in [-0.2, -0.15) is 0 Å². The van der Waals surface area contributed by atoms with Crippen molar-refractivity contribution in [1.29, 1.82) is 0 Å². The molecule has 110 valence electrons. The molecular formula is C16H19N3O2. The van der Waals surface area contributed by atoms with E-state index in [0.717, 1.165) is 54.1 Å². The van der Waals surface area contributed by atoms with Gasteiger partial charge in [0.25, 0.3) is 5.69 Å². The first-order valence-electron chi connectivity index (χ1n) is 7.35. The van der Waals surface area contributed by atoms with Crippen molar-refractivity contribution in [3.05, 3.63) is 40.1 Å². The number of piperidine rings is 1. The number of hydrogen-bond donors (Lipinski definition) is 0. The summed E-state index contributed by atoms with van der Waals surface area (Å²) in [6.45, 7) is 6.25. The molecule has 1 fully saturated rings. The fourth-order valence-corrected chi connectivity index (χ4v) is 2.95. The fourth-order valence-electron chi connectivity index (χ4n) is 2.95. The quantitative estimate of drug-likeness (QED) is 0.623. The van der Waals surface area contributed by atoms with Crippen molar-refractivity contribution < 1.29 is 4.92 Å². The molecule has 0 atom stereocenters. The molecule has 21 heavy (non-hydrogen) atoms. The zero-order chi connectivity index (χ0) is 15.0. The molecule has 0 spiro atoms. The number of nitro benzene ring substituents is 1. The minimum absolute atomic E-state index is 0.125. The van der Waals surface area contributed by atoms with Crippen LogP contribution in [0.15, 0.2) is 24.3 Å². The Morgan fingerprint density at radius 3 is 2.67 bits per heavy atom. The maximum Gasteiger partial charge on any atom is 0.270 e. The van der Waals surface area contributed by atoms with Crippen LogP contribution in [0.3, 0.4) is 0 Å². The highest BCUT2D eigenvalue weighted by Crippen LogP contribution is 2.32. The summed E-state index contributed by atoms with van der Waals surface area (Å²) in [4.78, 5) is 17.5. The fraction of sp³-hybridized carbons (Fsp3) is 0.438. The maximum atomic E-state index is 11.0. The molecular weight excluding hydrogens is 266 g/mol. The number of benzene rings is 1. The van der Waals surface area contributed by atoms with E-state index >= 15 is 0 Å². The molecule has 3 rings (SSSR count). The van der Waals surface area contributed by atoms with Crippen LogP contribution in [-0.4, -0.2) is 23.0 Å². The largest absolute Gasteiger partial charge is 0.371 e. The van der Waals surface area contributed by atoms with Crippen molar-refractivity contribution in [3.63, 3.8) is 0 Å². The molecule has 5 nitrogen and oxygen atoms in total. The molecule has 1 aromatic heterocycles. The zero-order valence-corrected chi connectivity index (χ0v) is 12.4. The summed E-state index contributed by atoms with van der Waals surface area (Å²) in [6.07, 6.45) is 2.33. The van der Waals surface area contributed by atoms with Crippen molar-refractivity contribution in [2.75, 3.05) is 18.0 Å². The Labute approximate surface area is 123 Å². The molecule has 0 bridgehead atoms. The molecule has 1 aromatic carbocycles. The Kier molecular flexibility index (Phi) is 3.49. The third-order valence-corrected chi connectivity index (χ3v) is 4.23. The first kappa shape index (κ1) is 13.8. The van der Waals surface area contributed by atoms with Gasteiger partial charge in [-0.3, -0.25) is 15.1 Å². The van der Waals surface area contributed by atoms with Crippen LogP contribution in [0.4, 0.5) is 11.4 Å². The number of rotatable bonds is 2. The van der Waals surface area contributed by atoms with Crippen LogP contribution < -0.4 is 4.90 Å². The van der Waals surface area contributed by atoms with Crippen LogP contribution in [0.25, 0.3) is 10.9 Å². The second-order valence-corrected chi connectivity index (χ2v) is 5.91. The minimum Gasteiger partial charge on any atom is -0.371 e. The van der Waals surface area contributed by atoms with Gasteiger partial charge < -0.3 is 4.90 Å². The van der Waals surface area contributed by atoms with Gasteiger partial charge in [0.05, 0.1) is 10.4 Å². The Hall–Kier alpha value is -2.17. The van der Waals surface area contributed by atoms with E-state index < -0.39 is 0 Å². The summed E-state index contributed by atoms with van der Waals surface area (Å²) in [5, 5.41) is 11.9. The molecule has 1 aliphatic rings. The third-order valence-electron chi connectivity index (χ3n) is 4.23. The van der Waals surface area contributed by atoms with E-state index in [0.29, 0.717) is 0 Å². The lowest BCUT2D eigenvalue weighted by Gasteiger charge is -2.33. The smallest absolute Gasteiger partial charge is 0.270 e. The van der Waals surface area contributed by atoms with Gasteiger partial charge in [-0.15, -0.1) is 0 Å². The summed E-state index contributed by atoms with van der Waals surface area (Å²) >= 11 is 0. The number of anilines is 1. The number of pyridine rings is 1. The van der Waals surface area contributed by atoms with Gasteiger partial charge in [-0.1, -0.05) is 6.92 Å². The lowest BCUT2D eigenvalue weighted by molar-refractivity contribution is -0.384. The lowest BCUT2D eigenvalue weighted by atomic mass is 9.98. The molecule has 0 radical (unpaired) electrons. The molecule has 0 saturated carbocycles. The van der Waals surface area contributed by atoms with Crippen molar-refractivity contribution >= 4 is 22.3 Å². The van der Waals surface area contributed by atoms with Crippen LogP contribution in [-0.2, 0) is 0 Å². The molecule has 1 saturated heterocycles. The van der Waals surface area contributed by atoms with Crippen LogP contribution in [0.5, 0.6) is 0 Å². The first-order valence-corrected chi connectivity index (χ1v) is 7.35. The Bertz CT molecular complexity index is 691. The van der Waals surface area contributed by atoms with Gasteiger partial charge in [0.2, 0.25) is 0 Å². The second kappa shape index (κ2) is 5.31. The predicted octanol–water partition coefficient (Wildman–Crippen LogP) is 3.69. The van der Waals surface area contributed by atoms with Crippen molar-refractivity contribution in [3.8, 4) is 0 Å². The highest BCUT2D eigenvalue weighted by Gasteiger charge is 2.19. The topological polar surface area (TPSA) is 59.3 Å². The number of aryl methyl sites for hydroxylation is 1. The SMILES string of the molecule is Cc1cc(N2CCC(C)CC2)c2cc([N+](=O)[O-])ccc2n1. The number of nitrogens with zero attached hydrogens (tertiary/aromatic N) is 3. The second-order valence-electron chi connectivity index (χ2n) is 5.91. The van der Waals surface area contributed by atoms with E-state index in [1.165, 1.54) is 6.07 Å². The average molecular weight is 285 g/mol.